The van der Waals surface area contributed by atoms with Gasteiger partial charge in [-0.15, -0.1) is 0 Å². The second kappa shape index (κ2) is 6.04. The highest BCUT2D eigenvalue weighted by Gasteiger charge is 2.31. The SMILES string of the molecule is NC(=O)C1CC(CNC(=O)c2cccc(C(F)(F)F)c2)=NO1. The van der Waals surface area contributed by atoms with Crippen LogP contribution in [0, 0.1) is 0 Å². The maximum atomic E-state index is 12.6. The molecule has 1 atom stereocenters. The normalized spacial score (nSPS) is 17.6. The molecule has 1 aliphatic rings. The highest BCUT2D eigenvalue weighted by Crippen LogP contribution is 2.29. The Balaban J connectivity index is 1.95. The number of amides is 2. The molecule has 1 aromatic rings. The number of nitrogens with one attached hydrogen (secondary N) is 1. The van der Waals surface area contributed by atoms with Crippen LogP contribution in [0.4, 0.5) is 13.2 Å². The summed E-state index contributed by atoms with van der Waals surface area (Å²) in [6, 6.07) is 4.05. The van der Waals surface area contributed by atoms with Gasteiger partial charge in [0.1, 0.15) is 0 Å². The molecule has 118 valence electrons. The Labute approximate surface area is 123 Å². The molecule has 1 aliphatic heterocycles. The molecular formula is C13H12F3N3O3. The predicted molar refractivity (Wildman–Crippen MR) is 69.9 cm³/mol. The molecular weight excluding hydrogens is 303 g/mol. The van der Waals surface area contributed by atoms with Crippen LogP contribution in [0.5, 0.6) is 0 Å². The van der Waals surface area contributed by atoms with Crippen molar-refractivity contribution in [3.8, 4) is 0 Å². The summed E-state index contributed by atoms with van der Waals surface area (Å²) in [7, 11) is 0. The zero-order valence-electron chi connectivity index (χ0n) is 11.2. The van der Waals surface area contributed by atoms with Crippen LogP contribution >= 0.6 is 0 Å². The zero-order valence-corrected chi connectivity index (χ0v) is 11.2. The van der Waals surface area contributed by atoms with E-state index in [1.54, 1.807) is 0 Å². The van der Waals surface area contributed by atoms with E-state index in [0.29, 0.717) is 5.71 Å². The fourth-order valence-electron chi connectivity index (χ4n) is 1.80. The van der Waals surface area contributed by atoms with Gasteiger partial charge < -0.3 is 15.9 Å². The van der Waals surface area contributed by atoms with Crippen LogP contribution in [0.25, 0.3) is 0 Å². The van der Waals surface area contributed by atoms with Gasteiger partial charge in [0, 0.05) is 12.0 Å². The summed E-state index contributed by atoms with van der Waals surface area (Å²) in [6.07, 6.45) is -5.26. The minimum Gasteiger partial charge on any atom is -0.382 e. The lowest BCUT2D eigenvalue weighted by Crippen LogP contribution is -2.32. The van der Waals surface area contributed by atoms with E-state index in [0.717, 1.165) is 18.2 Å². The maximum Gasteiger partial charge on any atom is 0.416 e. The highest BCUT2D eigenvalue weighted by atomic mass is 19.4. The van der Waals surface area contributed by atoms with Crippen molar-refractivity contribution in [3.63, 3.8) is 0 Å². The zero-order chi connectivity index (χ0) is 16.3. The van der Waals surface area contributed by atoms with Crippen molar-refractivity contribution in [2.75, 3.05) is 6.54 Å². The van der Waals surface area contributed by atoms with Crippen molar-refractivity contribution < 1.29 is 27.6 Å². The number of carbonyl (C=O) groups excluding carboxylic acids is 2. The average molecular weight is 315 g/mol. The van der Waals surface area contributed by atoms with Crippen LogP contribution in [-0.4, -0.2) is 30.2 Å². The molecule has 0 radical (unpaired) electrons. The van der Waals surface area contributed by atoms with Crippen LogP contribution in [0.15, 0.2) is 29.4 Å². The Hall–Kier alpha value is -2.58. The fraction of sp³-hybridized carbons (Fsp3) is 0.308. The number of alkyl halides is 3. The Bertz CT molecular complexity index is 628. The number of hydrogen-bond acceptors (Lipinski definition) is 4. The fourth-order valence-corrected chi connectivity index (χ4v) is 1.80. The molecule has 0 aromatic heterocycles. The Morgan fingerprint density at radius 3 is 2.73 bits per heavy atom. The van der Waals surface area contributed by atoms with Crippen molar-refractivity contribution in [1.29, 1.82) is 0 Å². The van der Waals surface area contributed by atoms with Gasteiger partial charge in [-0.25, -0.2) is 0 Å². The van der Waals surface area contributed by atoms with Gasteiger partial charge in [0.05, 0.1) is 17.8 Å². The van der Waals surface area contributed by atoms with Gasteiger partial charge in [0.15, 0.2) is 0 Å². The number of hydrogen-bond donors (Lipinski definition) is 2. The Morgan fingerprint density at radius 2 is 2.14 bits per heavy atom. The molecule has 3 N–H and O–H groups in total. The summed E-state index contributed by atoms with van der Waals surface area (Å²) in [4.78, 5) is 27.4. The monoisotopic (exact) mass is 315 g/mol. The first-order chi connectivity index (χ1) is 10.3. The first-order valence-corrected chi connectivity index (χ1v) is 6.23. The number of rotatable bonds is 4. The molecule has 1 heterocycles. The third kappa shape index (κ3) is 3.74. The summed E-state index contributed by atoms with van der Waals surface area (Å²) in [5.74, 6) is -1.36. The minimum absolute atomic E-state index is 0.0428. The molecule has 0 bridgehead atoms. The van der Waals surface area contributed by atoms with E-state index in [2.05, 4.69) is 10.5 Å². The molecule has 9 heteroatoms. The molecule has 0 spiro atoms. The van der Waals surface area contributed by atoms with Crippen LogP contribution in [0.3, 0.4) is 0 Å². The van der Waals surface area contributed by atoms with E-state index in [-0.39, 0.29) is 18.5 Å². The van der Waals surface area contributed by atoms with Gasteiger partial charge in [0.2, 0.25) is 6.10 Å². The molecule has 0 fully saturated rings. The van der Waals surface area contributed by atoms with E-state index < -0.39 is 29.7 Å². The van der Waals surface area contributed by atoms with Crippen LogP contribution in [0.1, 0.15) is 22.3 Å². The third-order valence-electron chi connectivity index (χ3n) is 2.95. The van der Waals surface area contributed by atoms with Gasteiger partial charge in [-0.05, 0) is 18.2 Å². The summed E-state index contributed by atoms with van der Waals surface area (Å²) in [5.41, 5.74) is 4.38. The summed E-state index contributed by atoms with van der Waals surface area (Å²) >= 11 is 0. The van der Waals surface area contributed by atoms with Gasteiger partial charge in [0.25, 0.3) is 11.8 Å². The van der Waals surface area contributed by atoms with Crippen molar-refractivity contribution in [2.24, 2.45) is 10.9 Å². The Kier molecular flexibility index (Phi) is 4.34. The largest absolute Gasteiger partial charge is 0.416 e. The maximum absolute atomic E-state index is 12.6. The van der Waals surface area contributed by atoms with E-state index >= 15 is 0 Å². The number of benzene rings is 1. The first-order valence-electron chi connectivity index (χ1n) is 6.23. The summed E-state index contributed by atoms with van der Waals surface area (Å²) < 4.78 is 37.7. The van der Waals surface area contributed by atoms with Crippen LogP contribution in [-0.2, 0) is 15.8 Å². The lowest BCUT2D eigenvalue weighted by molar-refractivity contribution is -0.137. The van der Waals surface area contributed by atoms with Gasteiger partial charge in [-0.1, -0.05) is 11.2 Å². The van der Waals surface area contributed by atoms with Gasteiger partial charge in [-0.3, -0.25) is 9.59 Å². The smallest absolute Gasteiger partial charge is 0.382 e. The van der Waals surface area contributed by atoms with Crippen molar-refractivity contribution in [2.45, 2.75) is 18.7 Å². The topological polar surface area (TPSA) is 93.8 Å². The Morgan fingerprint density at radius 1 is 1.41 bits per heavy atom. The van der Waals surface area contributed by atoms with Gasteiger partial charge in [-0.2, -0.15) is 13.2 Å². The predicted octanol–water partition coefficient (Wildman–Crippen LogP) is 1.07. The second-order valence-corrected chi connectivity index (χ2v) is 4.62. The highest BCUT2D eigenvalue weighted by molar-refractivity contribution is 5.99. The summed E-state index contributed by atoms with van der Waals surface area (Å²) in [6.45, 7) is -0.0428. The number of nitrogens with two attached hydrogens (primary N) is 1. The third-order valence-corrected chi connectivity index (χ3v) is 2.95. The number of oxime groups is 1. The van der Waals surface area contributed by atoms with Crippen molar-refractivity contribution >= 4 is 17.5 Å². The molecule has 1 unspecified atom stereocenters. The molecule has 2 rings (SSSR count). The first kappa shape index (κ1) is 15.8. The number of nitrogens with zero attached hydrogens (tertiary/aromatic N) is 1. The van der Waals surface area contributed by atoms with Crippen molar-refractivity contribution in [1.82, 2.24) is 5.32 Å². The lowest BCUT2D eigenvalue weighted by Gasteiger charge is -2.09. The van der Waals surface area contributed by atoms with Gasteiger partial charge >= 0.3 is 6.18 Å². The molecule has 2 amide bonds. The molecule has 1 aromatic carbocycles. The second-order valence-electron chi connectivity index (χ2n) is 4.62. The van der Waals surface area contributed by atoms with E-state index in [4.69, 9.17) is 10.6 Å². The minimum atomic E-state index is -4.52. The molecule has 0 aliphatic carbocycles. The van der Waals surface area contributed by atoms with E-state index in [1.807, 2.05) is 0 Å². The standard InChI is InChI=1S/C13H12F3N3O3/c14-13(15,16)8-3-1-2-7(4-8)12(21)18-6-9-5-10(11(17)20)22-19-9/h1-4,10H,5-6H2,(H2,17,20)(H,18,21). The van der Waals surface area contributed by atoms with E-state index in [1.165, 1.54) is 6.07 Å². The molecule has 22 heavy (non-hydrogen) atoms. The number of primary amides is 1. The molecule has 0 saturated heterocycles. The molecule has 6 nitrogen and oxygen atoms in total. The lowest BCUT2D eigenvalue weighted by atomic mass is 10.1. The number of carbonyl (C=O) groups is 2. The van der Waals surface area contributed by atoms with Crippen LogP contribution < -0.4 is 11.1 Å². The quantitative estimate of drug-likeness (QED) is 0.870. The average Bonchev–Trinajstić information content (AvgIpc) is 2.93. The van der Waals surface area contributed by atoms with Crippen LogP contribution in [0.2, 0.25) is 0 Å². The number of halogens is 3. The summed E-state index contributed by atoms with van der Waals surface area (Å²) in [5, 5.41) is 5.99. The molecule has 0 saturated carbocycles. The van der Waals surface area contributed by atoms with E-state index in [9.17, 15) is 22.8 Å². The van der Waals surface area contributed by atoms with Crippen molar-refractivity contribution in [3.05, 3.63) is 35.4 Å².